The van der Waals surface area contributed by atoms with E-state index in [1.54, 1.807) is 13.0 Å². The average molecular weight is 239 g/mol. The Balaban J connectivity index is 2.98. The van der Waals surface area contributed by atoms with Crippen LogP contribution in [0.1, 0.15) is 12.5 Å². The molecule has 0 saturated carbocycles. The van der Waals surface area contributed by atoms with Crippen LogP contribution in [0.15, 0.2) is 18.2 Å². The van der Waals surface area contributed by atoms with Crippen LogP contribution in [0.3, 0.4) is 0 Å². The summed E-state index contributed by atoms with van der Waals surface area (Å²) in [7, 11) is 0. The fourth-order valence-electron chi connectivity index (χ4n) is 1.23. The molecular formula is C10H13N3O4. The van der Waals surface area contributed by atoms with Gasteiger partial charge in [0.2, 0.25) is 0 Å². The minimum absolute atomic E-state index is 0.0386. The fraction of sp³-hybridized carbons (Fsp3) is 0.300. The number of hydrazine groups is 1. The van der Waals surface area contributed by atoms with E-state index in [0.29, 0.717) is 0 Å². The zero-order chi connectivity index (χ0) is 13.0. The van der Waals surface area contributed by atoms with Gasteiger partial charge in [0, 0.05) is 6.07 Å². The first kappa shape index (κ1) is 12.9. The Labute approximate surface area is 97.7 Å². The van der Waals surface area contributed by atoms with Crippen LogP contribution in [0.4, 0.5) is 5.69 Å². The molecule has 1 rings (SSSR count). The molecule has 3 N–H and O–H groups in total. The number of aryl methyl sites for hydroxylation is 1. The number of nitrogens with one attached hydrogen (secondary N) is 1. The van der Waals surface area contributed by atoms with E-state index in [1.807, 2.05) is 5.43 Å². The van der Waals surface area contributed by atoms with Gasteiger partial charge in [-0.1, -0.05) is 6.07 Å². The highest BCUT2D eigenvalue weighted by Gasteiger charge is 2.20. The van der Waals surface area contributed by atoms with Gasteiger partial charge in [0.25, 0.3) is 5.91 Å². The molecule has 0 aliphatic heterocycles. The highest BCUT2D eigenvalue weighted by Crippen LogP contribution is 2.28. The van der Waals surface area contributed by atoms with Crippen molar-refractivity contribution in [3.05, 3.63) is 33.9 Å². The van der Waals surface area contributed by atoms with Gasteiger partial charge >= 0.3 is 5.69 Å². The number of nitro groups is 1. The normalized spacial score (nSPS) is 11.7. The summed E-state index contributed by atoms with van der Waals surface area (Å²) in [6.07, 6.45) is -0.901. The van der Waals surface area contributed by atoms with E-state index in [0.717, 1.165) is 5.56 Å². The second-order valence-electron chi connectivity index (χ2n) is 3.50. The van der Waals surface area contributed by atoms with Gasteiger partial charge in [0.15, 0.2) is 11.9 Å². The molecule has 0 fully saturated rings. The zero-order valence-corrected chi connectivity index (χ0v) is 9.47. The lowest BCUT2D eigenvalue weighted by molar-refractivity contribution is -0.386. The van der Waals surface area contributed by atoms with E-state index < -0.39 is 16.9 Å². The van der Waals surface area contributed by atoms with Gasteiger partial charge < -0.3 is 4.74 Å². The number of carbonyl (C=O) groups is 1. The van der Waals surface area contributed by atoms with Gasteiger partial charge in [-0.25, -0.2) is 5.84 Å². The number of nitrogens with zero attached hydrogens (tertiary/aromatic N) is 1. The van der Waals surface area contributed by atoms with Crippen molar-refractivity contribution in [1.82, 2.24) is 5.43 Å². The molecule has 7 heteroatoms. The number of amides is 1. The first-order valence-corrected chi connectivity index (χ1v) is 4.88. The summed E-state index contributed by atoms with van der Waals surface area (Å²) in [5.74, 6) is 4.42. The fourth-order valence-corrected chi connectivity index (χ4v) is 1.23. The van der Waals surface area contributed by atoms with Crippen LogP contribution in [-0.2, 0) is 4.79 Å². The molecule has 92 valence electrons. The standard InChI is InChI=1S/C10H13N3O4/c1-6-3-4-9(8(5-6)13(15)16)17-7(2)10(14)12-11/h3-5,7H,11H2,1-2H3,(H,12,14)/t7-/m1/s1. The predicted octanol–water partition coefficient (Wildman–Crippen LogP) is 0.660. The maximum atomic E-state index is 11.1. The van der Waals surface area contributed by atoms with E-state index in [1.165, 1.54) is 19.1 Å². The molecule has 0 unspecified atom stereocenters. The minimum Gasteiger partial charge on any atom is -0.474 e. The molecule has 0 saturated heterocycles. The Bertz CT molecular complexity index is 447. The molecule has 7 nitrogen and oxygen atoms in total. The van der Waals surface area contributed by atoms with Crippen molar-refractivity contribution < 1.29 is 14.5 Å². The quantitative estimate of drug-likeness (QED) is 0.347. The highest BCUT2D eigenvalue weighted by atomic mass is 16.6. The lowest BCUT2D eigenvalue weighted by Crippen LogP contribution is -2.40. The summed E-state index contributed by atoms with van der Waals surface area (Å²) >= 11 is 0. The van der Waals surface area contributed by atoms with Crippen LogP contribution in [-0.4, -0.2) is 16.9 Å². The van der Waals surface area contributed by atoms with E-state index >= 15 is 0 Å². The zero-order valence-electron chi connectivity index (χ0n) is 9.47. The van der Waals surface area contributed by atoms with Crippen molar-refractivity contribution in [3.8, 4) is 5.75 Å². The molecule has 0 bridgehead atoms. The molecular weight excluding hydrogens is 226 g/mol. The van der Waals surface area contributed by atoms with Gasteiger partial charge in [-0.2, -0.15) is 0 Å². The van der Waals surface area contributed by atoms with E-state index in [2.05, 4.69) is 0 Å². The van der Waals surface area contributed by atoms with Crippen molar-refractivity contribution in [3.63, 3.8) is 0 Å². The first-order chi connectivity index (χ1) is 7.95. The number of nitrogens with two attached hydrogens (primary N) is 1. The predicted molar refractivity (Wildman–Crippen MR) is 60.3 cm³/mol. The molecule has 17 heavy (non-hydrogen) atoms. The van der Waals surface area contributed by atoms with Crippen LogP contribution in [0.2, 0.25) is 0 Å². The van der Waals surface area contributed by atoms with Crippen molar-refractivity contribution >= 4 is 11.6 Å². The number of carbonyl (C=O) groups excluding carboxylic acids is 1. The molecule has 1 aromatic carbocycles. The maximum Gasteiger partial charge on any atom is 0.311 e. The van der Waals surface area contributed by atoms with E-state index in [4.69, 9.17) is 10.6 Å². The van der Waals surface area contributed by atoms with Crippen LogP contribution in [0.25, 0.3) is 0 Å². The SMILES string of the molecule is Cc1ccc(O[C@H](C)C(=O)NN)c([N+](=O)[O-])c1. The molecule has 1 aromatic rings. The number of nitro benzene ring substituents is 1. The summed E-state index contributed by atoms with van der Waals surface area (Å²) in [4.78, 5) is 21.4. The van der Waals surface area contributed by atoms with Crippen molar-refractivity contribution in [2.24, 2.45) is 5.84 Å². The average Bonchev–Trinajstić information content (AvgIpc) is 2.29. The van der Waals surface area contributed by atoms with Crippen molar-refractivity contribution in [2.75, 3.05) is 0 Å². The molecule has 0 aromatic heterocycles. The Morgan fingerprint density at radius 1 is 1.59 bits per heavy atom. The maximum absolute atomic E-state index is 11.1. The molecule has 0 aliphatic rings. The smallest absolute Gasteiger partial charge is 0.311 e. The highest BCUT2D eigenvalue weighted by molar-refractivity contribution is 5.80. The molecule has 1 amide bonds. The van der Waals surface area contributed by atoms with Gasteiger partial charge in [-0.05, 0) is 25.5 Å². The summed E-state index contributed by atoms with van der Waals surface area (Å²) in [6, 6.07) is 4.49. The second kappa shape index (κ2) is 5.26. The van der Waals surface area contributed by atoms with Crippen LogP contribution < -0.4 is 16.0 Å². The van der Waals surface area contributed by atoms with Crippen molar-refractivity contribution in [1.29, 1.82) is 0 Å². The monoisotopic (exact) mass is 239 g/mol. The Kier molecular flexibility index (Phi) is 4.00. The summed E-state index contributed by atoms with van der Waals surface area (Å²) in [5, 5.41) is 10.8. The third-order valence-corrected chi connectivity index (χ3v) is 2.13. The first-order valence-electron chi connectivity index (χ1n) is 4.88. The van der Waals surface area contributed by atoms with Crippen molar-refractivity contribution in [2.45, 2.75) is 20.0 Å². The molecule has 0 aliphatic carbocycles. The summed E-state index contributed by atoms with van der Waals surface area (Å²) in [5.41, 5.74) is 2.47. The van der Waals surface area contributed by atoms with Gasteiger partial charge in [-0.15, -0.1) is 0 Å². The lowest BCUT2D eigenvalue weighted by atomic mass is 10.2. The summed E-state index contributed by atoms with van der Waals surface area (Å²) < 4.78 is 5.18. The van der Waals surface area contributed by atoms with E-state index in [-0.39, 0.29) is 11.4 Å². The van der Waals surface area contributed by atoms with Crippen LogP contribution in [0, 0.1) is 17.0 Å². The Morgan fingerprint density at radius 3 is 2.76 bits per heavy atom. The number of benzene rings is 1. The number of hydrogen-bond donors (Lipinski definition) is 2. The van der Waals surface area contributed by atoms with Crippen LogP contribution in [0.5, 0.6) is 5.75 Å². The molecule has 0 radical (unpaired) electrons. The Hall–Kier alpha value is -2.15. The number of rotatable bonds is 4. The lowest BCUT2D eigenvalue weighted by Gasteiger charge is -2.13. The molecule has 0 heterocycles. The number of ether oxygens (including phenoxy) is 1. The number of hydrogen-bond acceptors (Lipinski definition) is 5. The minimum atomic E-state index is -0.901. The largest absolute Gasteiger partial charge is 0.474 e. The summed E-state index contributed by atoms with van der Waals surface area (Å²) in [6.45, 7) is 3.18. The van der Waals surface area contributed by atoms with Gasteiger partial charge in [-0.3, -0.25) is 20.3 Å². The van der Waals surface area contributed by atoms with Crippen LogP contribution >= 0.6 is 0 Å². The topological polar surface area (TPSA) is 107 Å². The third kappa shape index (κ3) is 3.15. The third-order valence-electron chi connectivity index (χ3n) is 2.13. The van der Waals surface area contributed by atoms with Gasteiger partial charge in [0.05, 0.1) is 4.92 Å². The van der Waals surface area contributed by atoms with Gasteiger partial charge in [0.1, 0.15) is 0 Å². The second-order valence-corrected chi connectivity index (χ2v) is 3.50. The van der Waals surface area contributed by atoms with E-state index in [9.17, 15) is 14.9 Å². The Morgan fingerprint density at radius 2 is 2.24 bits per heavy atom. The molecule has 1 atom stereocenters. The molecule has 0 spiro atoms.